The van der Waals surface area contributed by atoms with E-state index in [4.69, 9.17) is 0 Å². The van der Waals surface area contributed by atoms with Crippen LogP contribution in [0.1, 0.15) is 18.4 Å². The van der Waals surface area contributed by atoms with Crippen molar-refractivity contribution in [2.45, 2.75) is 19.3 Å². The van der Waals surface area contributed by atoms with Gasteiger partial charge in [0.05, 0.1) is 4.92 Å². The third-order valence-corrected chi connectivity index (χ3v) is 3.14. The second-order valence-electron chi connectivity index (χ2n) is 4.76. The molecule has 0 radical (unpaired) electrons. The lowest BCUT2D eigenvalue weighted by Gasteiger charge is -2.06. The Hall–Kier alpha value is -2.90. The first-order valence-electron chi connectivity index (χ1n) is 6.86. The fourth-order valence-corrected chi connectivity index (χ4v) is 2.09. The summed E-state index contributed by atoms with van der Waals surface area (Å²) in [6.45, 7) is 0.424. The standard InChI is InChI=1S/C14H16N4O4/c19-13-11(18(21)22)12(16-14(20)17-13)15-9-5-4-8-10-6-2-1-3-7-10/h1-3,6-7H,4-5,8-9H2,(H3,15,16,17,19,20). The number of aromatic amines is 2. The van der Waals surface area contributed by atoms with E-state index >= 15 is 0 Å². The van der Waals surface area contributed by atoms with Gasteiger partial charge in [-0.05, 0) is 24.8 Å². The van der Waals surface area contributed by atoms with Gasteiger partial charge in [0, 0.05) is 6.54 Å². The van der Waals surface area contributed by atoms with Gasteiger partial charge in [-0.3, -0.25) is 24.9 Å². The third kappa shape index (κ3) is 4.05. The van der Waals surface area contributed by atoms with Crippen LogP contribution in [0.2, 0.25) is 0 Å². The molecular formula is C14H16N4O4. The van der Waals surface area contributed by atoms with Crippen molar-refractivity contribution in [2.24, 2.45) is 0 Å². The van der Waals surface area contributed by atoms with Gasteiger partial charge in [-0.2, -0.15) is 0 Å². The largest absolute Gasteiger partial charge is 0.373 e. The lowest BCUT2D eigenvalue weighted by molar-refractivity contribution is -0.385. The van der Waals surface area contributed by atoms with Gasteiger partial charge in [0.2, 0.25) is 0 Å². The molecule has 2 aromatic rings. The highest BCUT2D eigenvalue weighted by atomic mass is 16.6. The molecule has 1 aromatic carbocycles. The minimum absolute atomic E-state index is 0.154. The van der Waals surface area contributed by atoms with Crippen LogP contribution in [0.5, 0.6) is 0 Å². The molecular weight excluding hydrogens is 288 g/mol. The fourth-order valence-electron chi connectivity index (χ4n) is 2.09. The van der Waals surface area contributed by atoms with Crippen LogP contribution in [0.15, 0.2) is 39.9 Å². The molecule has 0 saturated carbocycles. The van der Waals surface area contributed by atoms with Crippen LogP contribution >= 0.6 is 0 Å². The zero-order valence-corrected chi connectivity index (χ0v) is 11.8. The molecule has 0 aliphatic rings. The Balaban J connectivity index is 1.91. The summed E-state index contributed by atoms with van der Waals surface area (Å²) < 4.78 is 0. The lowest BCUT2D eigenvalue weighted by Crippen LogP contribution is -2.26. The predicted molar refractivity (Wildman–Crippen MR) is 82.2 cm³/mol. The summed E-state index contributed by atoms with van der Waals surface area (Å²) in [6, 6.07) is 9.96. The number of nitrogens with one attached hydrogen (secondary N) is 3. The van der Waals surface area contributed by atoms with Gasteiger partial charge >= 0.3 is 16.9 Å². The van der Waals surface area contributed by atoms with E-state index in [0.717, 1.165) is 19.3 Å². The Morgan fingerprint density at radius 1 is 1.09 bits per heavy atom. The van der Waals surface area contributed by atoms with Crippen molar-refractivity contribution in [3.63, 3.8) is 0 Å². The number of hydrogen-bond acceptors (Lipinski definition) is 5. The SMILES string of the molecule is O=c1[nH]c(NCCCCc2ccccc2)c([N+](=O)[O-])c(=O)[nH]1. The van der Waals surface area contributed by atoms with Crippen molar-refractivity contribution in [1.29, 1.82) is 0 Å². The van der Waals surface area contributed by atoms with Crippen LogP contribution in [-0.4, -0.2) is 21.4 Å². The molecule has 3 N–H and O–H groups in total. The molecule has 1 aromatic heterocycles. The highest BCUT2D eigenvalue weighted by molar-refractivity contribution is 5.53. The van der Waals surface area contributed by atoms with Gasteiger partial charge in [0.25, 0.3) is 0 Å². The quantitative estimate of drug-likeness (QED) is 0.405. The van der Waals surface area contributed by atoms with Crippen molar-refractivity contribution in [2.75, 3.05) is 11.9 Å². The van der Waals surface area contributed by atoms with E-state index < -0.39 is 21.9 Å². The summed E-state index contributed by atoms with van der Waals surface area (Å²) in [5, 5.41) is 13.6. The van der Waals surface area contributed by atoms with Crippen LogP contribution in [0.25, 0.3) is 0 Å². The highest BCUT2D eigenvalue weighted by Crippen LogP contribution is 2.14. The molecule has 2 rings (SSSR count). The molecule has 8 heteroatoms. The van der Waals surface area contributed by atoms with Crippen molar-refractivity contribution >= 4 is 11.5 Å². The number of benzene rings is 1. The van der Waals surface area contributed by atoms with Crippen LogP contribution in [-0.2, 0) is 6.42 Å². The number of rotatable bonds is 7. The van der Waals surface area contributed by atoms with E-state index in [1.807, 2.05) is 35.3 Å². The molecule has 0 fully saturated rings. The Labute approximate surface area is 125 Å². The summed E-state index contributed by atoms with van der Waals surface area (Å²) in [4.78, 5) is 36.7. The van der Waals surface area contributed by atoms with Crippen molar-refractivity contribution in [3.05, 3.63) is 66.8 Å². The number of hydrogen-bond donors (Lipinski definition) is 3. The molecule has 1 heterocycles. The number of aryl methyl sites for hydroxylation is 1. The summed E-state index contributed by atoms with van der Waals surface area (Å²) in [5.74, 6) is -0.154. The van der Waals surface area contributed by atoms with Crippen molar-refractivity contribution in [3.8, 4) is 0 Å². The second kappa shape index (κ2) is 7.21. The first-order valence-corrected chi connectivity index (χ1v) is 6.86. The number of aromatic nitrogens is 2. The van der Waals surface area contributed by atoms with Crippen LogP contribution in [0.3, 0.4) is 0 Å². The third-order valence-electron chi connectivity index (χ3n) is 3.14. The van der Waals surface area contributed by atoms with E-state index in [1.165, 1.54) is 5.56 Å². The molecule has 0 saturated heterocycles. The monoisotopic (exact) mass is 304 g/mol. The maximum Gasteiger partial charge on any atom is 0.373 e. The average Bonchev–Trinajstić information content (AvgIpc) is 2.46. The zero-order valence-electron chi connectivity index (χ0n) is 11.8. The summed E-state index contributed by atoms with van der Waals surface area (Å²) in [7, 11) is 0. The molecule has 0 bridgehead atoms. The van der Waals surface area contributed by atoms with Crippen molar-refractivity contribution < 1.29 is 4.92 Å². The van der Waals surface area contributed by atoms with Crippen LogP contribution in [0.4, 0.5) is 11.5 Å². The maximum absolute atomic E-state index is 11.4. The van der Waals surface area contributed by atoms with Crippen molar-refractivity contribution in [1.82, 2.24) is 9.97 Å². The molecule has 0 spiro atoms. The van der Waals surface area contributed by atoms with Gasteiger partial charge in [-0.15, -0.1) is 0 Å². The minimum Gasteiger partial charge on any atom is -0.366 e. The van der Waals surface area contributed by atoms with Gasteiger partial charge in [0.1, 0.15) is 0 Å². The molecule has 0 amide bonds. The second-order valence-corrected chi connectivity index (χ2v) is 4.76. The van der Waals surface area contributed by atoms with E-state index in [-0.39, 0.29) is 5.82 Å². The average molecular weight is 304 g/mol. The van der Waals surface area contributed by atoms with E-state index in [0.29, 0.717) is 6.54 Å². The Morgan fingerprint density at radius 3 is 2.50 bits per heavy atom. The normalized spacial score (nSPS) is 10.4. The highest BCUT2D eigenvalue weighted by Gasteiger charge is 2.20. The number of unbranched alkanes of at least 4 members (excludes halogenated alkanes) is 1. The first kappa shape index (κ1) is 15.5. The molecule has 116 valence electrons. The lowest BCUT2D eigenvalue weighted by atomic mass is 10.1. The van der Waals surface area contributed by atoms with Gasteiger partial charge in [0.15, 0.2) is 5.82 Å². The Bertz CT molecular complexity index is 751. The zero-order chi connectivity index (χ0) is 15.9. The number of nitrogens with zero attached hydrogens (tertiary/aromatic N) is 1. The van der Waals surface area contributed by atoms with E-state index in [2.05, 4.69) is 10.3 Å². The summed E-state index contributed by atoms with van der Waals surface area (Å²) in [5.41, 5.74) is -1.25. The first-order chi connectivity index (χ1) is 10.6. The summed E-state index contributed by atoms with van der Waals surface area (Å²) >= 11 is 0. The minimum atomic E-state index is -1.01. The smallest absolute Gasteiger partial charge is 0.366 e. The van der Waals surface area contributed by atoms with E-state index in [1.54, 1.807) is 0 Å². The van der Waals surface area contributed by atoms with Gasteiger partial charge in [-0.25, -0.2) is 4.79 Å². The maximum atomic E-state index is 11.4. The van der Waals surface area contributed by atoms with Crippen LogP contribution < -0.4 is 16.6 Å². The van der Waals surface area contributed by atoms with Gasteiger partial charge in [-0.1, -0.05) is 30.3 Å². The Morgan fingerprint density at radius 2 is 1.82 bits per heavy atom. The molecule has 0 atom stereocenters. The molecule has 0 aliphatic heterocycles. The molecule has 0 unspecified atom stereocenters. The number of H-pyrrole nitrogens is 2. The number of anilines is 1. The molecule has 22 heavy (non-hydrogen) atoms. The van der Waals surface area contributed by atoms with Gasteiger partial charge < -0.3 is 5.32 Å². The summed E-state index contributed by atoms with van der Waals surface area (Å²) in [6.07, 6.45) is 2.54. The topological polar surface area (TPSA) is 121 Å². The fraction of sp³-hybridized carbons (Fsp3) is 0.286. The molecule has 8 nitrogen and oxygen atoms in total. The van der Waals surface area contributed by atoms with E-state index in [9.17, 15) is 19.7 Å². The molecule has 0 aliphatic carbocycles. The predicted octanol–water partition coefficient (Wildman–Crippen LogP) is 1.41. The number of nitro groups is 1. The van der Waals surface area contributed by atoms with Crippen LogP contribution in [0, 0.1) is 10.1 Å². The Kier molecular flexibility index (Phi) is 5.07.